The summed E-state index contributed by atoms with van der Waals surface area (Å²) in [5, 5.41) is 18.2. The molecule has 0 aliphatic carbocycles. The van der Waals surface area contributed by atoms with Crippen LogP contribution in [0.1, 0.15) is 52.7 Å². The number of aryl methyl sites for hydroxylation is 1. The van der Waals surface area contributed by atoms with Gasteiger partial charge in [0.05, 0.1) is 13.7 Å². The molecule has 0 saturated heterocycles. The number of ketones is 1. The van der Waals surface area contributed by atoms with Gasteiger partial charge in [-0.05, 0) is 36.1 Å². The van der Waals surface area contributed by atoms with E-state index in [1.54, 1.807) is 46.5 Å². The number of methoxy groups -OCH3 is 1. The van der Waals surface area contributed by atoms with Gasteiger partial charge >= 0.3 is 0 Å². The van der Waals surface area contributed by atoms with E-state index in [0.717, 1.165) is 11.1 Å². The number of halogens is 1. The Hall–Kier alpha value is -3.44. The lowest BCUT2D eigenvalue weighted by molar-refractivity contribution is 0.0819. The highest BCUT2D eigenvalue weighted by Crippen LogP contribution is 2.39. The summed E-state index contributed by atoms with van der Waals surface area (Å²) in [5.41, 5.74) is 2.68. The van der Waals surface area contributed by atoms with Crippen LogP contribution >= 0.6 is 12.4 Å². The van der Waals surface area contributed by atoms with Crippen molar-refractivity contribution in [2.75, 3.05) is 41.5 Å². The molecule has 0 bridgehead atoms. The van der Waals surface area contributed by atoms with Gasteiger partial charge in [-0.1, -0.05) is 20.8 Å². The number of nitrogens with zero attached hydrogens (tertiary/aromatic N) is 6. The number of ether oxygens (including phenoxy) is 2. The Kier molecular flexibility index (Phi) is 9.45. The molecule has 1 amide bonds. The molecule has 37 heavy (non-hydrogen) atoms. The molecule has 1 aromatic carbocycles. The fourth-order valence-electron chi connectivity index (χ4n) is 3.82. The maximum Gasteiger partial charge on any atom is 0.273 e. The number of Topliss-reactive ketones (excluding diaryl/α,β-unsaturated/α-hetero) is 1. The Morgan fingerprint density at radius 1 is 1.16 bits per heavy atom. The lowest BCUT2D eigenvalue weighted by atomic mass is 9.84. The number of fused-ring (bicyclic) bond motifs is 1. The summed E-state index contributed by atoms with van der Waals surface area (Å²) < 4.78 is 14.2. The number of hydrogen-bond donors (Lipinski definition) is 1. The van der Waals surface area contributed by atoms with E-state index in [1.807, 2.05) is 27.7 Å². The van der Waals surface area contributed by atoms with Crippen LogP contribution in [-0.4, -0.2) is 82.6 Å². The molecule has 0 aliphatic heterocycles. The summed E-state index contributed by atoms with van der Waals surface area (Å²) in [6.45, 7) is 7.66. The molecule has 2 heterocycles. The highest BCUT2D eigenvalue weighted by molar-refractivity contribution is 5.97. The minimum Gasteiger partial charge on any atom is -0.493 e. The maximum absolute atomic E-state index is 13.5. The summed E-state index contributed by atoms with van der Waals surface area (Å²) in [7, 11) is 6.43. The first-order valence-corrected chi connectivity index (χ1v) is 11.5. The van der Waals surface area contributed by atoms with Crippen molar-refractivity contribution in [1.82, 2.24) is 24.3 Å². The lowest BCUT2D eigenvalue weighted by Crippen LogP contribution is -2.29. The molecule has 2 aromatic heterocycles. The third-order valence-corrected chi connectivity index (χ3v) is 5.61. The fourth-order valence-corrected chi connectivity index (χ4v) is 3.82. The first-order valence-electron chi connectivity index (χ1n) is 11.5. The van der Waals surface area contributed by atoms with Gasteiger partial charge in [-0.15, -0.1) is 17.5 Å². The number of rotatable bonds is 8. The van der Waals surface area contributed by atoms with Crippen LogP contribution in [0.5, 0.6) is 11.5 Å². The average Bonchev–Trinajstić information content (AvgIpc) is 3.18. The van der Waals surface area contributed by atoms with Crippen LogP contribution in [0.15, 0.2) is 23.2 Å². The highest BCUT2D eigenvalue weighted by Gasteiger charge is 2.26. The largest absolute Gasteiger partial charge is 0.493 e. The van der Waals surface area contributed by atoms with Crippen LogP contribution in [0.4, 0.5) is 0 Å². The van der Waals surface area contributed by atoms with Crippen LogP contribution < -0.4 is 15.1 Å². The summed E-state index contributed by atoms with van der Waals surface area (Å²) in [6.07, 6.45) is 0. The molecule has 3 aromatic rings. The highest BCUT2D eigenvalue weighted by atomic mass is 35.5. The SMILES string of the molecule is CN=c1n(CC(=O)c2cc(OCCO)c(OC)c(C(C)(C)C)c2)nc2c(C)cc(C(=O)N(C)C)nn12.Cl. The Morgan fingerprint density at radius 2 is 1.84 bits per heavy atom. The van der Waals surface area contributed by atoms with Crippen molar-refractivity contribution >= 4 is 29.7 Å². The van der Waals surface area contributed by atoms with Gasteiger partial charge in [-0.3, -0.25) is 14.6 Å². The number of aliphatic hydroxyl groups excluding tert-OH is 1. The van der Waals surface area contributed by atoms with Gasteiger partial charge in [-0.2, -0.15) is 9.61 Å². The van der Waals surface area contributed by atoms with Crippen molar-refractivity contribution < 1.29 is 24.2 Å². The first kappa shape index (κ1) is 29.8. The van der Waals surface area contributed by atoms with E-state index < -0.39 is 0 Å². The quantitative estimate of drug-likeness (QED) is 0.439. The Balaban J connectivity index is 0.00000481. The number of carbonyl (C=O) groups excluding carboxylic acids is 2. The monoisotopic (exact) mass is 534 g/mol. The predicted molar refractivity (Wildman–Crippen MR) is 141 cm³/mol. The Bertz CT molecular complexity index is 1370. The van der Waals surface area contributed by atoms with Crippen LogP contribution in [0.3, 0.4) is 0 Å². The Morgan fingerprint density at radius 3 is 2.38 bits per heavy atom. The molecule has 0 radical (unpaired) electrons. The second kappa shape index (κ2) is 11.7. The second-order valence-corrected chi connectivity index (χ2v) is 9.63. The summed E-state index contributed by atoms with van der Waals surface area (Å²) in [4.78, 5) is 31.7. The topological polar surface area (TPSA) is 124 Å². The molecule has 1 N–H and O–H groups in total. The van der Waals surface area contributed by atoms with E-state index in [1.165, 1.54) is 14.1 Å². The standard InChI is InChI=1S/C25H34N6O5.ClH/c1-15-11-18(23(34)29(6)7)27-31-22(15)28-30(24(31)26-5)14-19(33)16-12-17(25(2,3)4)21(35-8)20(13-16)36-10-9-32;/h11-13,32H,9-10,14H2,1-8H3;1H. The summed E-state index contributed by atoms with van der Waals surface area (Å²) >= 11 is 0. The molecule has 12 heteroatoms. The van der Waals surface area contributed by atoms with Crippen LogP contribution in [0, 0.1) is 6.92 Å². The molecule has 0 atom stereocenters. The van der Waals surface area contributed by atoms with E-state index in [2.05, 4.69) is 15.2 Å². The average molecular weight is 535 g/mol. The predicted octanol–water partition coefficient (Wildman–Crippen LogP) is 2.05. The van der Waals surface area contributed by atoms with Gasteiger partial charge in [0.1, 0.15) is 18.8 Å². The molecule has 3 rings (SSSR count). The lowest BCUT2D eigenvalue weighted by Gasteiger charge is -2.25. The minimum atomic E-state index is -0.338. The van der Waals surface area contributed by atoms with E-state index in [0.29, 0.717) is 28.3 Å². The van der Waals surface area contributed by atoms with Crippen molar-refractivity contribution in [3.05, 3.63) is 46.2 Å². The van der Waals surface area contributed by atoms with Gasteiger partial charge in [0.2, 0.25) is 5.62 Å². The minimum absolute atomic E-state index is 0. The molecule has 0 aliphatic rings. The molecule has 11 nitrogen and oxygen atoms in total. The molecule has 0 saturated carbocycles. The number of aromatic nitrogens is 4. The van der Waals surface area contributed by atoms with Gasteiger partial charge in [0, 0.05) is 32.3 Å². The van der Waals surface area contributed by atoms with Crippen molar-refractivity contribution in [2.24, 2.45) is 4.99 Å². The van der Waals surface area contributed by atoms with E-state index >= 15 is 0 Å². The zero-order valence-electron chi connectivity index (χ0n) is 22.5. The molecule has 0 fully saturated rings. The third-order valence-electron chi connectivity index (χ3n) is 5.61. The molecule has 0 unspecified atom stereocenters. The normalized spacial score (nSPS) is 11.9. The zero-order valence-corrected chi connectivity index (χ0v) is 23.3. The summed E-state index contributed by atoms with van der Waals surface area (Å²) in [6, 6.07) is 5.08. The Labute approximate surface area is 222 Å². The van der Waals surface area contributed by atoms with Crippen LogP contribution in [0.25, 0.3) is 5.65 Å². The van der Waals surface area contributed by atoms with Crippen LogP contribution in [0.2, 0.25) is 0 Å². The number of benzene rings is 1. The molecular weight excluding hydrogens is 500 g/mol. The maximum atomic E-state index is 13.5. The van der Waals surface area contributed by atoms with Crippen molar-refractivity contribution in [2.45, 2.75) is 39.7 Å². The van der Waals surface area contributed by atoms with Crippen LogP contribution in [-0.2, 0) is 12.0 Å². The second-order valence-electron chi connectivity index (χ2n) is 9.63. The smallest absolute Gasteiger partial charge is 0.273 e. The number of carbonyl (C=O) groups is 2. The number of hydrogen-bond acceptors (Lipinski definition) is 8. The van der Waals surface area contributed by atoms with Crippen molar-refractivity contribution in [3.8, 4) is 11.5 Å². The molecular formula is C25H35ClN6O5. The van der Waals surface area contributed by atoms with Gasteiger partial charge in [0.15, 0.2) is 22.9 Å². The fraction of sp³-hybridized carbons (Fsp3) is 0.480. The number of aliphatic hydroxyl groups is 1. The molecule has 0 spiro atoms. The zero-order chi connectivity index (χ0) is 26.8. The van der Waals surface area contributed by atoms with Gasteiger partial charge < -0.3 is 19.5 Å². The van der Waals surface area contributed by atoms with Gasteiger partial charge in [0.25, 0.3) is 5.91 Å². The molecule has 202 valence electrons. The third kappa shape index (κ3) is 6.11. The summed E-state index contributed by atoms with van der Waals surface area (Å²) in [5.74, 6) is 0.432. The van der Waals surface area contributed by atoms with E-state index in [-0.39, 0.29) is 55.0 Å². The van der Waals surface area contributed by atoms with E-state index in [9.17, 15) is 14.7 Å². The van der Waals surface area contributed by atoms with Crippen molar-refractivity contribution in [1.29, 1.82) is 0 Å². The first-order chi connectivity index (χ1) is 16.9. The van der Waals surface area contributed by atoms with E-state index in [4.69, 9.17) is 9.47 Å². The number of amides is 1. The van der Waals surface area contributed by atoms with Crippen molar-refractivity contribution in [3.63, 3.8) is 0 Å². The van der Waals surface area contributed by atoms with Gasteiger partial charge in [-0.25, -0.2) is 4.68 Å².